The van der Waals surface area contributed by atoms with Crippen molar-refractivity contribution in [3.8, 4) is 0 Å². The number of aryl methyl sites for hydroxylation is 1. The predicted octanol–water partition coefficient (Wildman–Crippen LogP) is 2.78. The molecule has 2 rings (SSSR count). The van der Waals surface area contributed by atoms with Gasteiger partial charge in [-0.1, -0.05) is 18.2 Å². The molecule has 0 aliphatic rings. The van der Waals surface area contributed by atoms with Crippen LogP contribution in [0.3, 0.4) is 0 Å². The molecule has 1 aromatic carbocycles. The zero-order valence-electron chi connectivity index (χ0n) is 16.9. The predicted molar refractivity (Wildman–Crippen MR) is 105 cm³/mol. The summed E-state index contributed by atoms with van der Waals surface area (Å²) in [6.07, 6.45) is 0. The molecule has 150 valence electrons. The van der Waals surface area contributed by atoms with Gasteiger partial charge in [0.25, 0.3) is 5.91 Å². The van der Waals surface area contributed by atoms with E-state index < -0.39 is 12.0 Å². The first-order valence-corrected chi connectivity index (χ1v) is 9.00. The topological polar surface area (TPSA) is 88.7 Å². The number of nitrogens with one attached hydrogen (secondary N) is 1. The number of aromatic nitrogens is 1. The fourth-order valence-corrected chi connectivity index (χ4v) is 3.18. The van der Waals surface area contributed by atoms with Crippen molar-refractivity contribution in [2.24, 2.45) is 0 Å². The van der Waals surface area contributed by atoms with Gasteiger partial charge in [-0.2, -0.15) is 0 Å². The lowest BCUT2D eigenvalue weighted by molar-refractivity contribution is 0.0563. The number of ether oxygens (including phenoxy) is 2. The van der Waals surface area contributed by atoms with Crippen molar-refractivity contribution >= 4 is 17.7 Å². The molecular weight excluding hydrogens is 360 g/mol. The number of carbonyl (C=O) groups is 3. The number of hydrogen-bond acceptors (Lipinski definition) is 5. The summed E-state index contributed by atoms with van der Waals surface area (Å²) in [5.74, 6) is -1.04. The molecule has 28 heavy (non-hydrogen) atoms. The molecule has 0 radical (unpaired) electrons. The van der Waals surface area contributed by atoms with Crippen molar-refractivity contribution in [3.63, 3.8) is 0 Å². The van der Waals surface area contributed by atoms with Crippen LogP contribution in [0.2, 0.25) is 0 Å². The Morgan fingerprint density at radius 1 is 1.11 bits per heavy atom. The van der Waals surface area contributed by atoms with Crippen LogP contribution in [0.15, 0.2) is 30.3 Å². The summed E-state index contributed by atoms with van der Waals surface area (Å²) in [7, 11) is 2.83. The number of amides is 1. The quantitative estimate of drug-likeness (QED) is 0.557. The number of aromatic amines is 1. The van der Waals surface area contributed by atoms with Gasteiger partial charge in [0, 0.05) is 30.5 Å². The lowest BCUT2D eigenvalue weighted by Crippen LogP contribution is -2.45. The lowest BCUT2D eigenvalue weighted by atomic mass is 9.99. The maximum atomic E-state index is 13.2. The summed E-state index contributed by atoms with van der Waals surface area (Å²) in [6, 6.07) is 8.06. The highest BCUT2D eigenvalue weighted by Crippen LogP contribution is 2.22. The molecule has 7 heteroatoms. The Hall–Kier alpha value is -2.93. The summed E-state index contributed by atoms with van der Waals surface area (Å²) in [6.45, 7) is 5.66. The Labute approximate surface area is 164 Å². The Morgan fingerprint density at radius 2 is 1.75 bits per heavy atom. The van der Waals surface area contributed by atoms with Crippen LogP contribution in [0.25, 0.3) is 0 Å². The van der Waals surface area contributed by atoms with Gasteiger partial charge in [0.2, 0.25) is 0 Å². The molecule has 0 unspecified atom stereocenters. The summed E-state index contributed by atoms with van der Waals surface area (Å²) in [4.78, 5) is 42.6. The van der Waals surface area contributed by atoms with E-state index in [0.29, 0.717) is 29.0 Å². The second kappa shape index (κ2) is 9.32. The molecule has 1 amide bonds. The number of Topliss-reactive ketones (excluding diaryl/α,β-unsaturated/α-hetero) is 1. The van der Waals surface area contributed by atoms with Gasteiger partial charge in [-0.05, 0) is 38.5 Å². The molecule has 0 aliphatic carbocycles. The smallest absolute Gasteiger partial charge is 0.354 e. The SMILES string of the molecule is COCCN(C(=O)c1ccccc1)[C@@H](C)C(=O)c1c(C)[nH]c(C(=O)OC)c1C. The Balaban J connectivity index is 2.38. The van der Waals surface area contributed by atoms with Crippen LogP contribution in [0.5, 0.6) is 0 Å². The summed E-state index contributed by atoms with van der Waals surface area (Å²) in [5.41, 5.74) is 2.22. The van der Waals surface area contributed by atoms with Gasteiger partial charge in [-0.25, -0.2) is 4.79 Å². The fraction of sp³-hybridized carbons (Fsp3) is 0.381. The van der Waals surface area contributed by atoms with E-state index in [1.165, 1.54) is 12.0 Å². The zero-order chi connectivity index (χ0) is 20.8. The molecular formula is C21H26N2O5. The normalized spacial score (nSPS) is 11.8. The molecule has 1 heterocycles. The Bertz CT molecular complexity index is 857. The van der Waals surface area contributed by atoms with Crippen LogP contribution >= 0.6 is 0 Å². The molecule has 7 nitrogen and oxygen atoms in total. The van der Waals surface area contributed by atoms with Gasteiger partial charge in [-0.15, -0.1) is 0 Å². The number of nitrogens with zero attached hydrogens (tertiary/aromatic N) is 1. The first-order valence-electron chi connectivity index (χ1n) is 9.00. The second-order valence-corrected chi connectivity index (χ2v) is 6.51. The van der Waals surface area contributed by atoms with E-state index in [1.54, 1.807) is 52.1 Å². The second-order valence-electron chi connectivity index (χ2n) is 6.51. The highest BCUT2D eigenvalue weighted by molar-refractivity contribution is 6.07. The third-order valence-corrected chi connectivity index (χ3v) is 4.74. The average Bonchev–Trinajstić information content (AvgIpc) is 3.01. The zero-order valence-corrected chi connectivity index (χ0v) is 16.9. The molecule has 0 aliphatic heterocycles. The van der Waals surface area contributed by atoms with Gasteiger partial charge >= 0.3 is 5.97 Å². The number of ketones is 1. The monoisotopic (exact) mass is 386 g/mol. The standard InChI is InChI=1S/C21H26N2O5/c1-13-17(14(2)22-18(13)21(26)28-5)19(24)15(3)23(11-12-27-4)20(25)16-9-7-6-8-10-16/h6-10,15,22H,11-12H2,1-5H3/t15-/m0/s1. The Kier molecular flexibility index (Phi) is 7.12. The molecule has 0 bridgehead atoms. The third-order valence-electron chi connectivity index (χ3n) is 4.74. The number of hydrogen-bond donors (Lipinski definition) is 1. The minimum atomic E-state index is -0.735. The van der Waals surface area contributed by atoms with Gasteiger partial charge < -0.3 is 19.4 Å². The van der Waals surface area contributed by atoms with Gasteiger partial charge in [0.05, 0.1) is 19.8 Å². The number of carbonyl (C=O) groups excluding carboxylic acids is 3. The number of H-pyrrole nitrogens is 1. The largest absolute Gasteiger partial charge is 0.464 e. The number of methoxy groups -OCH3 is 2. The van der Waals surface area contributed by atoms with E-state index in [-0.39, 0.29) is 23.9 Å². The van der Waals surface area contributed by atoms with Crippen molar-refractivity contribution in [1.29, 1.82) is 0 Å². The van der Waals surface area contributed by atoms with Crippen LogP contribution in [-0.2, 0) is 9.47 Å². The highest BCUT2D eigenvalue weighted by atomic mass is 16.5. The van der Waals surface area contributed by atoms with E-state index in [2.05, 4.69) is 4.98 Å². The molecule has 0 saturated carbocycles. The first kappa shape index (κ1) is 21.4. The van der Waals surface area contributed by atoms with Crippen LogP contribution in [0.4, 0.5) is 0 Å². The maximum Gasteiger partial charge on any atom is 0.354 e. The first-order chi connectivity index (χ1) is 13.3. The van der Waals surface area contributed by atoms with Gasteiger partial charge in [-0.3, -0.25) is 9.59 Å². The summed E-state index contributed by atoms with van der Waals surface area (Å²) < 4.78 is 9.88. The van der Waals surface area contributed by atoms with Crippen molar-refractivity contribution in [3.05, 3.63) is 58.4 Å². The average molecular weight is 386 g/mol. The van der Waals surface area contributed by atoms with Crippen molar-refractivity contribution in [2.75, 3.05) is 27.4 Å². The summed E-state index contributed by atoms with van der Waals surface area (Å²) in [5, 5.41) is 0. The van der Waals surface area contributed by atoms with E-state index >= 15 is 0 Å². The molecule has 0 saturated heterocycles. The third kappa shape index (κ3) is 4.31. The molecule has 2 aromatic rings. The fourth-order valence-electron chi connectivity index (χ4n) is 3.18. The Morgan fingerprint density at radius 3 is 2.32 bits per heavy atom. The van der Waals surface area contributed by atoms with Crippen LogP contribution in [-0.4, -0.2) is 61.0 Å². The number of esters is 1. The molecule has 1 atom stereocenters. The van der Waals surface area contributed by atoms with E-state index in [0.717, 1.165) is 0 Å². The minimum Gasteiger partial charge on any atom is -0.464 e. The molecule has 0 fully saturated rings. The van der Waals surface area contributed by atoms with Gasteiger partial charge in [0.1, 0.15) is 5.69 Å². The van der Waals surface area contributed by atoms with E-state index in [9.17, 15) is 14.4 Å². The molecule has 1 aromatic heterocycles. The van der Waals surface area contributed by atoms with E-state index in [1.807, 2.05) is 6.07 Å². The molecule has 0 spiro atoms. The minimum absolute atomic E-state index is 0.244. The van der Waals surface area contributed by atoms with Gasteiger partial charge in [0.15, 0.2) is 5.78 Å². The summed E-state index contributed by atoms with van der Waals surface area (Å²) >= 11 is 0. The highest BCUT2D eigenvalue weighted by Gasteiger charge is 2.31. The lowest BCUT2D eigenvalue weighted by Gasteiger charge is -2.28. The molecule has 1 N–H and O–H groups in total. The van der Waals surface area contributed by atoms with Crippen molar-refractivity contribution < 1.29 is 23.9 Å². The van der Waals surface area contributed by atoms with E-state index in [4.69, 9.17) is 9.47 Å². The van der Waals surface area contributed by atoms with Crippen LogP contribution in [0.1, 0.15) is 49.4 Å². The van der Waals surface area contributed by atoms with Crippen LogP contribution in [0, 0.1) is 13.8 Å². The maximum absolute atomic E-state index is 13.2. The number of rotatable bonds is 8. The van der Waals surface area contributed by atoms with Crippen molar-refractivity contribution in [2.45, 2.75) is 26.8 Å². The van der Waals surface area contributed by atoms with Crippen LogP contribution < -0.4 is 0 Å². The number of benzene rings is 1. The van der Waals surface area contributed by atoms with Crippen molar-refractivity contribution in [1.82, 2.24) is 9.88 Å².